The van der Waals surface area contributed by atoms with Crippen molar-refractivity contribution in [2.45, 2.75) is 20.0 Å². The van der Waals surface area contributed by atoms with Crippen LogP contribution in [0.4, 0.5) is 0 Å². The van der Waals surface area contributed by atoms with Gasteiger partial charge in [0.2, 0.25) is 5.91 Å². The highest BCUT2D eigenvalue weighted by Crippen LogP contribution is 2.19. The van der Waals surface area contributed by atoms with Gasteiger partial charge in [0.25, 0.3) is 0 Å². The summed E-state index contributed by atoms with van der Waals surface area (Å²) in [6.45, 7) is 3.87. The van der Waals surface area contributed by atoms with E-state index in [1.54, 1.807) is 23.3 Å². The summed E-state index contributed by atoms with van der Waals surface area (Å²) in [6.07, 6.45) is 0. The van der Waals surface area contributed by atoms with Gasteiger partial charge in [0.1, 0.15) is 5.75 Å². The molecule has 1 aromatic carbocycles. The van der Waals surface area contributed by atoms with E-state index in [-0.39, 0.29) is 5.91 Å². The minimum Gasteiger partial charge on any atom is -0.496 e. The quantitative estimate of drug-likeness (QED) is 0.781. The van der Waals surface area contributed by atoms with Crippen molar-refractivity contribution in [1.29, 1.82) is 0 Å². The molecule has 0 spiro atoms. The van der Waals surface area contributed by atoms with Crippen LogP contribution in [-0.2, 0) is 17.9 Å². The number of ether oxygens (including phenoxy) is 1. The molecule has 0 aliphatic carbocycles. The summed E-state index contributed by atoms with van der Waals surface area (Å²) in [5, 5.41) is 2.09. The summed E-state index contributed by atoms with van der Waals surface area (Å²) in [6, 6.07) is 9.91. The van der Waals surface area contributed by atoms with Crippen LogP contribution in [0.25, 0.3) is 0 Å². The number of nitrogens with zero attached hydrogens (tertiary/aromatic N) is 2. The first-order valence-electron chi connectivity index (χ1n) is 7.58. The molecule has 0 fully saturated rings. The van der Waals surface area contributed by atoms with Gasteiger partial charge in [-0.05, 0) is 37.0 Å². The van der Waals surface area contributed by atoms with Crippen LogP contribution in [-0.4, -0.2) is 43.5 Å². The van der Waals surface area contributed by atoms with Crippen molar-refractivity contribution in [3.05, 3.63) is 51.7 Å². The third-order valence-corrected chi connectivity index (χ3v) is 4.82. The zero-order valence-corrected chi connectivity index (χ0v) is 15.0. The van der Waals surface area contributed by atoms with Gasteiger partial charge in [-0.3, -0.25) is 9.69 Å². The van der Waals surface area contributed by atoms with Crippen molar-refractivity contribution in [1.82, 2.24) is 9.80 Å². The fourth-order valence-corrected chi connectivity index (χ4v) is 3.38. The fourth-order valence-electron chi connectivity index (χ4n) is 2.40. The summed E-state index contributed by atoms with van der Waals surface area (Å²) in [5.41, 5.74) is 2.30. The molecule has 1 amide bonds. The minimum atomic E-state index is 0.104. The van der Waals surface area contributed by atoms with E-state index in [0.29, 0.717) is 13.1 Å². The van der Waals surface area contributed by atoms with Gasteiger partial charge in [0, 0.05) is 30.6 Å². The van der Waals surface area contributed by atoms with Crippen molar-refractivity contribution < 1.29 is 9.53 Å². The monoisotopic (exact) mass is 332 g/mol. The number of hydrogen-bond acceptors (Lipinski definition) is 4. The highest BCUT2D eigenvalue weighted by Gasteiger charge is 2.15. The number of para-hydroxylation sites is 1. The van der Waals surface area contributed by atoms with Crippen LogP contribution in [0.5, 0.6) is 5.75 Å². The zero-order valence-electron chi connectivity index (χ0n) is 14.2. The standard InChI is InChI=1S/C18H24N2O2S/c1-14-9-10-23-17(14)12-19(2)13-18(21)20(3)11-15-7-5-6-8-16(15)22-4/h5-10H,11-13H2,1-4H3. The fraction of sp³-hybridized carbons (Fsp3) is 0.389. The Hall–Kier alpha value is -1.85. The molecule has 0 atom stereocenters. The lowest BCUT2D eigenvalue weighted by Gasteiger charge is -2.22. The smallest absolute Gasteiger partial charge is 0.236 e. The summed E-state index contributed by atoms with van der Waals surface area (Å²) < 4.78 is 5.34. The summed E-state index contributed by atoms with van der Waals surface area (Å²) in [4.78, 5) is 17.5. The van der Waals surface area contributed by atoms with Gasteiger partial charge in [0.15, 0.2) is 0 Å². The van der Waals surface area contributed by atoms with E-state index < -0.39 is 0 Å². The Balaban J connectivity index is 1.90. The van der Waals surface area contributed by atoms with Gasteiger partial charge in [-0.1, -0.05) is 18.2 Å². The molecule has 4 nitrogen and oxygen atoms in total. The van der Waals surface area contributed by atoms with Crippen LogP contribution >= 0.6 is 11.3 Å². The van der Waals surface area contributed by atoms with Crippen LogP contribution in [0.1, 0.15) is 16.0 Å². The van der Waals surface area contributed by atoms with Crippen LogP contribution in [0, 0.1) is 6.92 Å². The topological polar surface area (TPSA) is 32.8 Å². The molecule has 0 aliphatic rings. The van der Waals surface area contributed by atoms with Crippen molar-refractivity contribution in [2.24, 2.45) is 0 Å². The Morgan fingerprint density at radius 1 is 1.17 bits per heavy atom. The molecule has 0 bridgehead atoms. The minimum absolute atomic E-state index is 0.104. The SMILES string of the molecule is COc1ccccc1CN(C)C(=O)CN(C)Cc1sccc1C. The van der Waals surface area contributed by atoms with E-state index in [2.05, 4.69) is 23.3 Å². The Morgan fingerprint density at radius 3 is 2.57 bits per heavy atom. The maximum Gasteiger partial charge on any atom is 0.236 e. The number of hydrogen-bond donors (Lipinski definition) is 0. The van der Waals surface area contributed by atoms with Gasteiger partial charge in [-0.2, -0.15) is 0 Å². The van der Waals surface area contributed by atoms with Crippen molar-refractivity contribution in [3.8, 4) is 5.75 Å². The third-order valence-electron chi connectivity index (χ3n) is 3.81. The van der Waals surface area contributed by atoms with Gasteiger partial charge < -0.3 is 9.64 Å². The second-order valence-corrected chi connectivity index (χ2v) is 6.76. The highest BCUT2D eigenvalue weighted by molar-refractivity contribution is 7.10. The van der Waals surface area contributed by atoms with Crippen LogP contribution < -0.4 is 4.74 Å². The molecule has 2 aromatic rings. The number of methoxy groups -OCH3 is 1. The average molecular weight is 332 g/mol. The number of likely N-dealkylation sites (N-methyl/N-ethyl adjacent to an activating group) is 2. The summed E-state index contributed by atoms with van der Waals surface area (Å²) in [5.74, 6) is 0.919. The van der Waals surface area contributed by atoms with E-state index in [1.165, 1.54) is 10.4 Å². The number of aryl methyl sites for hydroxylation is 1. The lowest BCUT2D eigenvalue weighted by Crippen LogP contribution is -2.36. The molecule has 0 N–H and O–H groups in total. The van der Waals surface area contributed by atoms with Gasteiger partial charge in [-0.15, -0.1) is 11.3 Å². The second kappa shape index (κ2) is 8.13. The first-order chi connectivity index (χ1) is 11.0. The molecule has 0 aliphatic heterocycles. The van der Waals surface area contributed by atoms with Gasteiger partial charge in [-0.25, -0.2) is 0 Å². The van der Waals surface area contributed by atoms with E-state index in [4.69, 9.17) is 4.74 Å². The molecule has 124 valence electrons. The van der Waals surface area contributed by atoms with Crippen LogP contribution in [0.15, 0.2) is 35.7 Å². The van der Waals surface area contributed by atoms with Crippen molar-refractivity contribution >= 4 is 17.2 Å². The molecule has 1 heterocycles. The first-order valence-corrected chi connectivity index (χ1v) is 8.46. The Kier molecular flexibility index (Phi) is 6.19. The van der Waals surface area contributed by atoms with E-state index >= 15 is 0 Å². The maximum atomic E-state index is 12.4. The number of rotatable bonds is 7. The Labute approximate surface area is 142 Å². The van der Waals surface area contributed by atoms with Crippen LogP contribution in [0.2, 0.25) is 0 Å². The maximum absolute atomic E-state index is 12.4. The average Bonchev–Trinajstić information content (AvgIpc) is 2.92. The largest absolute Gasteiger partial charge is 0.496 e. The normalized spacial score (nSPS) is 10.8. The predicted molar refractivity (Wildman–Crippen MR) is 94.9 cm³/mol. The van der Waals surface area contributed by atoms with E-state index in [1.807, 2.05) is 38.4 Å². The molecule has 0 unspecified atom stereocenters. The Bertz CT molecular complexity index is 654. The first kappa shape index (κ1) is 17.5. The summed E-state index contributed by atoms with van der Waals surface area (Å²) in [7, 11) is 5.46. The van der Waals surface area contributed by atoms with Crippen LogP contribution in [0.3, 0.4) is 0 Å². The molecule has 2 rings (SSSR count). The number of carbonyl (C=O) groups excluding carboxylic acids is 1. The predicted octanol–water partition coefficient (Wildman–Crippen LogP) is 3.16. The van der Waals surface area contributed by atoms with E-state index in [9.17, 15) is 4.79 Å². The number of thiophene rings is 1. The summed E-state index contributed by atoms with van der Waals surface area (Å²) >= 11 is 1.74. The molecular formula is C18H24N2O2S. The molecule has 0 radical (unpaired) electrons. The molecule has 0 saturated carbocycles. The number of benzene rings is 1. The molecule has 23 heavy (non-hydrogen) atoms. The third kappa shape index (κ3) is 4.81. The van der Waals surface area contributed by atoms with Gasteiger partial charge >= 0.3 is 0 Å². The number of amides is 1. The highest BCUT2D eigenvalue weighted by atomic mass is 32.1. The Morgan fingerprint density at radius 2 is 1.91 bits per heavy atom. The molecule has 0 saturated heterocycles. The molecular weight excluding hydrogens is 308 g/mol. The van der Waals surface area contributed by atoms with Crippen molar-refractivity contribution in [3.63, 3.8) is 0 Å². The lowest BCUT2D eigenvalue weighted by atomic mass is 10.2. The zero-order chi connectivity index (χ0) is 16.8. The van der Waals surface area contributed by atoms with Crippen molar-refractivity contribution in [2.75, 3.05) is 27.7 Å². The lowest BCUT2D eigenvalue weighted by molar-refractivity contribution is -0.131. The van der Waals surface area contributed by atoms with Gasteiger partial charge in [0.05, 0.1) is 13.7 Å². The van der Waals surface area contributed by atoms with E-state index in [0.717, 1.165) is 17.9 Å². The second-order valence-electron chi connectivity index (χ2n) is 5.76. The molecule has 5 heteroatoms. The molecule has 1 aromatic heterocycles. The number of carbonyl (C=O) groups is 1.